The minimum atomic E-state index is -0.181. The topological polar surface area (TPSA) is 85.6 Å². The molecule has 0 bridgehead atoms. The quantitative estimate of drug-likeness (QED) is 0.742. The molecule has 1 aromatic heterocycles. The van der Waals surface area contributed by atoms with Gasteiger partial charge in [0.1, 0.15) is 29.4 Å². The fraction of sp³-hybridized carbons (Fsp3) is 0.200. The molecule has 0 saturated heterocycles. The van der Waals surface area contributed by atoms with E-state index in [9.17, 15) is 9.90 Å². The van der Waals surface area contributed by atoms with Crippen molar-refractivity contribution in [2.24, 2.45) is 0 Å². The molecule has 0 aliphatic carbocycles. The van der Waals surface area contributed by atoms with Gasteiger partial charge in [0.25, 0.3) is 0 Å². The zero-order valence-corrected chi connectivity index (χ0v) is 15.0. The summed E-state index contributed by atoms with van der Waals surface area (Å²) < 4.78 is 12.5. The van der Waals surface area contributed by atoms with Gasteiger partial charge in [-0.25, -0.2) is 4.98 Å². The first-order valence-electron chi connectivity index (χ1n) is 8.49. The largest absolute Gasteiger partial charge is 0.508 e. The molecule has 0 radical (unpaired) electrons. The number of carbonyl (C=O) groups excluding carboxylic acids is 1. The molecule has 0 saturated carbocycles. The molecule has 2 heterocycles. The van der Waals surface area contributed by atoms with Crippen molar-refractivity contribution in [1.82, 2.24) is 9.55 Å². The van der Waals surface area contributed by atoms with Crippen molar-refractivity contribution in [1.29, 1.82) is 0 Å². The molecule has 0 fully saturated rings. The lowest BCUT2D eigenvalue weighted by Crippen LogP contribution is -2.25. The molecular formula is C20H19N3O4. The Balaban J connectivity index is 1.81. The minimum absolute atomic E-state index is 0.0881. The first-order valence-corrected chi connectivity index (χ1v) is 8.49. The van der Waals surface area contributed by atoms with Gasteiger partial charge in [-0.15, -0.1) is 0 Å². The maximum Gasteiger partial charge on any atom is 0.226 e. The summed E-state index contributed by atoms with van der Waals surface area (Å²) in [6.45, 7) is 0. The van der Waals surface area contributed by atoms with Gasteiger partial charge < -0.3 is 19.9 Å². The van der Waals surface area contributed by atoms with Gasteiger partial charge in [0.05, 0.1) is 25.6 Å². The van der Waals surface area contributed by atoms with Gasteiger partial charge in [0.15, 0.2) is 0 Å². The summed E-state index contributed by atoms with van der Waals surface area (Å²) in [6.07, 6.45) is 1.97. The zero-order chi connectivity index (χ0) is 19.0. The molecule has 27 heavy (non-hydrogen) atoms. The van der Waals surface area contributed by atoms with Crippen LogP contribution in [-0.4, -0.2) is 34.8 Å². The molecule has 0 unspecified atom stereocenters. The van der Waals surface area contributed by atoms with Crippen LogP contribution in [0.15, 0.2) is 48.8 Å². The van der Waals surface area contributed by atoms with E-state index >= 15 is 0 Å². The Labute approximate surface area is 156 Å². The third-order valence-electron chi connectivity index (χ3n) is 4.72. The van der Waals surface area contributed by atoms with Gasteiger partial charge in [0.2, 0.25) is 5.91 Å². The number of amides is 1. The van der Waals surface area contributed by atoms with E-state index in [0.29, 0.717) is 23.7 Å². The van der Waals surface area contributed by atoms with Crippen LogP contribution in [0.1, 0.15) is 23.6 Å². The van der Waals surface area contributed by atoms with Crippen LogP contribution >= 0.6 is 0 Å². The highest BCUT2D eigenvalue weighted by Crippen LogP contribution is 2.39. The Morgan fingerprint density at radius 1 is 1.15 bits per heavy atom. The predicted octanol–water partition coefficient (Wildman–Crippen LogP) is 3.07. The molecule has 4 rings (SSSR count). The Morgan fingerprint density at radius 3 is 2.63 bits per heavy atom. The van der Waals surface area contributed by atoms with Crippen molar-refractivity contribution >= 4 is 11.7 Å². The lowest BCUT2D eigenvalue weighted by Gasteiger charge is -2.23. The molecule has 0 spiro atoms. The van der Waals surface area contributed by atoms with E-state index in [1.807, 2.05) is 24.3 Å². The van der Waals surface area contributed by atoms with Gasteiger partial charge in [-0.2, -0.15) is 0 Å². The maximum absolute atomic E-state index is 12.4. The van der Waals surface area contributed by atoms with Crippen LogP contribution in [0, 0.1) is 0 Å². The summed E-state index contributed by atoms with van der Waals surface area (Å²) >= 11 is 0. The molecule has 2 aromatic carbocycles. The number of phenols is 1. The van der Waals surface area contributed by atoms with Crippen LogP contribution in [0.5, 0.6) is 17.2 Å². The molecular weight excluding hydrogens is 346 g/mol. The molecule has 7 heteroatoms. The number of hydrogen-bond donors (Lipinski definition) is 2. The molecule has 138 valence electrons. The third-order valence-corrected chi connectivity index (χ3v) is 4.72. The second-order valence-electron chi connectivity index (χ2n) is 6.28. The first-order chi connectivity index (χ1) is 13.1. The molecule has 7 nitrogen and oxygen atoms in total. The molecule has 1 atom stereocenters. The van der Waals surface area contributed by atoms with Gasteiger partial charge in [-0.3, -0.25) is 9.36 Å². The van der Waals surface area contributed by atoms with E-state index in [-0.39, 0.29) is 17.6 Å². The van der Waals surface area contributed by atoms with Gasteiger partial charge in [-0.1, -0.05) is 12.1 Å². The smallest absolute Gasteiger partial charge is 0.226 e. The van der Waals surface area contributed by atoms with E-state index in [1.165, 1.54) is 0 Å². The lowest BCUT2D eigenvalue weighted by molar-refractivity contribution is -0.116. The number of benzene rings is 2. The number of rotatable bonds is 4. The molecule has 1 amide bonds. The van der Waals surface area contributed by atoms with Crippen molar-refractivity contribution in [2.45, 2.75) is 12.3 Å². The molecule has 1 aliphatic rings. The van der Waals surface area contributed by atoms with Crippen LogP contribution in [-0.2, 0) is 4.79 Å². The highest BCUT2D eigenvalue weighted by Gasteiger charge is 2.31. The SMILES string of the molecule is COc1ccc(-n2cnc3c2NC(=O)C[C@@H]3c2ccc(O)cc2)c(OC)c1. The number of ether oxygens (including phenoxy) is 2. The third kappa shape index (κ3) is 2.97. The summed E-state index contributed by atoms with van der Waals surface area (Å²) in [5.41, 5.74) is 2.45. The van der Waals surface area contributed by atoms with Gasteiger partial charge in [0, 0.05) is 18.4 Å². The maximum atomic E-state index is 12.4. The fourth-order valence-electron chi connectivity index (χ4n) is 3.36. The van der Waals surface area contributed by atoms with E-state index < -0.39 is 0 Å². The van der Waals surface area contributed by atoms with Crippen LogP contribution in [0.3, 0.4) is 0 Å². The first kappa shape index (κ1) is 17.0. The molecule has 1 aliphatic heterocycles. The zero-order valence-electron chi connectivity index (χ0n) is 15.0. The highest BCUT2D eigenvalue weighted by atomic mass is 16.5. The van der Waals surface area contributed by atoms with Crippen LogP contribution in [0.4, 0.5) is 5.82 Å². The van der Waals surface area contributed by atoms with Gasteiger partial charge >= 0.3 is 0 Å². The number of nitrogens with zero attached hydrogens (tertiary/aromatic N) is 2. The van der Waals surface area contributed by atoms with E-state index in [0.717, 1.165) is 16.9 Å². The predicted molar refractivity (Wildman–Crippen MR) is 99.9 cm³/mol. The monoisotopic (exact) mass is 365 g/mol. The van der Waals surface area contributed by atoms with Crippen molar-refractivity contribution < 1.29 is 19.4 Å². The van der Waals surface area contributed by atoms with Crippen molar-refractivity contribution in [3.05, 3.63) is 60.0 Å². The Morgan fingerprint density at radius 2 is 1.93 bits per heavy atom. The summed E-state index contributed by atoms with van der Waals surface area (Å²) in [4.78, 5) is 16.9. The van der Waals surface area contributed by atoms with Crippen LogP contribution < -0.4 is 14.8 Å². The number of carbonyl (C=O) groups is 1. The van der Waals surface area contributed by atoms with Gasteiger partial charge in [-0.05, 0) is 29.8 Å². The second kappa shape index (κ2) is 6.68. The van der Waals surface area contributed by atoms with E-state index in [1.54, 1.807) is 43.3 Å². The summed E-state index contributed by atoms with van der Waals surface area (Å²) in [7, 11) is 3.18. The summed E-state index contributed by atoms with van der Waals surface area (Å²) in [5.74, 6) is 1.82. The Hall–Kier alpha value is -3.48. The Kier molecular flexibility index (Phi) is 4.19. The number of methoxy groups -OCH3 is 2. The number of fused-ring (bicyclic) bond motifs is 1. The normalized spacial score (nSPS) is 15.8. The minimum Gasteiger partial charge on any atom is -0.508 e. The number of aromatic nitrogens is 2. The summed E-state index contributed by atoms with van der Waals surface area (Å²) in [5, 5.41) is 12.5. The summed E-state index contributed by atoms with van der Waals surface area (Å²) in [6, 6.07) is 12.3. The molecule has 3 aromatic rings. The number of aromatic hydroxyl groups is 1. The van der Waals surface area contributed by atoms with E-state index in [4.69, 9.17) is 9.47 Å². The van der Waals surface area contributed by atoms with Crippen molar-refractivity contribution in [3.63, 3.8) is 0 Å². The highest BCUT2D eigenvalue weighted by molar-refractivity contribution is 5.94. The lowest BCUT2D eigenvalue weighted by atomic mass is 9.90. The molecule has 2 N–H and O–H groups in total. The fourth-order valence-corrected chi connectivity index (χ4v) is 3.36. The van der Waals surface area contributed by atoms with Crippen LogP contribution in [0.2, 0.25) is 0 Å². The van der Waals surface area contributed by atoms with E-state index in [2.05, 4.69) is 10.3 Å². The number of imidazole rings is 1. The number of nitrogens with one attached hydrogen (secondary N) is 1. The van der Waals surface area contributed by atoms with Crippen LogP contribution in [0.25, 0.3) is 5.69 Å². The average Bonchev–Trinajstić information content (AvgIpc) is 3.11. The number of anilines is 1. The Bertz CT molecular complexity index is 995. The van der Waals surface area contributed by atoms with Crippen molar-refractivity contribution in [3.8, 4) is 22.9 Å². The second-order valence-corrected chi connectivity index (χ2v) is 6.28. The van der Waals surface area contributed by atoms with Crippen molar-refractivity contribution in [2.75, 3.05) is 19.5 Å². The number of hydrogen-bond acceptors (Lipinski definition) is 5. The number of phenolic OH excluding ortho intramolecular Hbond substituents is 1. The standard InChI is InChI=1S/C20H19N3O4/c1-26-14-7-8-16(17(9-14)27-2)23-11-21-19-15(10-18(25)22-20(19)23)12-3-5-13(24)6-4-12/h3-9,11,15,24H,10H2,1-2H3,(H,22,25)/t15-/m1/s1. The average molecular weight is 365 g/mol.